The molecule has 0 aliphatic carbocycles. The molecular weight excluding hydrogens is 949 g/mol. The summed E-state index contributed by atoms with van der Waals surface area (Å²) >= 11 is 0. The summed E-state index contributed by atoms with van der Waals surface area (Å²) in [4.78, 5) is 38.3. The molecule has 0 radical (unpaired) electrons. The highest BCUT2D eigenvalue weighted by Gasteiger charge is 2.19. The van der Waals surface area contributed by atoms with Crippen molar-refractivity contribution < 1.29 is 28.6 Å². The molecule has 0 heterocycles. The second-order valence-electron chi connectivity index (χ2n) is 20.2. The first kappa shape index (κ1) is 72.3. The first-order valence-corrected chi connectivity index (χ1v) is 31.3. The second-order valence-corrected chi connectivity index (χ2v) is 20.2. The van der Waals surface area contributed by atoms with Gasteiger partial charge in [0.1, 0.15) is 13.2 Å². The summed E-state index contributed by atoms with van der Waals surface area (Å²) in [7, 11) is 0. The molecule has 1 atom stereocenters. The molecule has 0 rings (SSSR count). The Bertz CT molecular complexity index is 1700. The lowest BCUT2D eigenvalue weighted by Gasteiger charge is -2.18. The molecule has 0 spiro atoms. The van der Waals surface area contributed by atoms with Crippen molar-refractivity contribution in [2.75, 3.05) is 13.2 Å². The maximum Gasteiger partial charge on any atom is 0.306 e. The zero-order valence-corrected chi connectivity index (χ0v) is 49.7. The minimum Gasteiger partial charge on any atom is -0.462 e. The highest BCUT2D eigenvalue weighted by molar-refractivity contribution is 5.71. The zero-order valence-electron chi connectivity index (χ0n) is 49.7. The van der Waals surface area contributed by atoms with E-state index in [1.807, 2.05) is 0 Å². The Labute approximate surface area is 474 Å². The fraction of sp³-hybridized carbons (Fsp3) is 0.620. The molecule has 1 unspecified atom stereocenters. The highest BCUT2D eigenvalue weighted by Crippen LogP contribution is 2.14. The molecule has 6 nitrogen and oxygen atoms in total. The Morgan fingerprint density at radius 1 is 0.273 bits per heavy atom. The minimum atomic E-state index is -0.810. The van der Waals surface area contributed by atoms with Gasteiger partial charge in [-0.25, -0.2) is 0 Å². The minimum absolute atomic E-state index is 0.106. The molecule has 0 aromatic heterocycles. The van der Waals surface area contributed by atoms with E-state index in [2.05, 4.69) is 167 Å². The van der Waals surface area contributed by atoms with Crippen molar-refractivity contribution in [3.05, 3.63) is 146 Å². The Hall–Kier alpha value is -4.71. The van der Waals surface area contributed by atoms with Crippen molar-refractivity contribution in [2.45, 2.75) is 271 Å². The Balaban J connectivity index is 4.50. The standard InChI is InChI=1S/C71H114O6/c1-4-7-10-13-16-19-22-25-28-31-33-34-35-36-38-40-43-46-49-52-55-58-61-64-70(73)76-67-68(66-75-69(72)63-60-57-54-51-48-45-42-39-30-27-24-21-18-15-12-9-6-3)77-71(74)65-62-59-56-53-50-47-44-41-37-32-29-26-23-20-17-14-11-8-5-2/h7,9-10,12,16-21,25-30,33-34,36,38,42-43,45-46,68H,4-6,8,11,13-15,22-24,31-32,35,37,39-41,44,47-67H2,1-3H3/b10-7-,12-9-,19-16-,20-17-,21-18-,28-25-,29-26-,30-27-,34-33-,38-36-,45-42-,46-43-. The molecule has 0 amide bonds. The predicted octanol–water partition coefficient (Wildman–Crippen LogP) is 21.5. The van der Waals surface area contributed by atoms with Gasteiger partial charge >= 0.3 is 17.9 Å². The Morgan fingerprint density at radius 2 is 0.506 bits per heavy atom. The molecule has 434 valence electrons. The summed E-state index contributed by atoms with van der Waals surface area (Å²) in [6.07, 6.45) is 91.2. The third-order valence-corrected chi connectivity index (χ3v) is 12.8. The third-order valence-electron chi connectivity index (χ3n) is 12.8. The number of esters is 3. The van der Waals surface area contributed by atoms with Gasteiger partial charge in [-0.3, -0.25) is 14.4 Å². The molecule has 0 N–H and O–H groups in total. The van der Waals surface area contributed by atoms with Crippen LogP contribution in [0.2, 0.25) is 0 Å². The van der Waals surface area contributed by atoms with Crippen molar-refractivity contribution in [1.29, 1.82) is 0 Å². The normalized spacial score (nSPS) is 13.1. The average molecular weight is 1060 g/mol. The van der Waals surface area contributed by atoms with Crippen molar-refractivity contribution in [3.63, 3.8) is 0 Å². The van der Waals surface area contributed by atoms with Crippen molar-refractivity contribution in [1.82, 2.24) is 0 Å². The van der Waals surface area contributed by atoms with E-state index in [0.717, 1.165) is 154 Å². The molecule has 6 heteroatoms. The molecule has 0 aliphatic rings. The molecule has 77 heavy (non-hydrogen) atoms. The fourth-order valence-electron chi connectivity index (χ4n) is 8.17. The molecule has 0 aliphatic heterocycles. The number of carbonyl (C=O) groups excluding carboxylic acids is 3. The SMILES string of the molecule is CC/C=C\C/C=C\C/C=C\C/C=C\C/C=C\C/C=C\CCCCCCC(=O)OCC(COC(=O)CCCCCC/C=C\C/C=C\C/C=C\C/C=C\CC)OC(=O)CCCCCCCCCCC/C=C\C/C=C\CCCCC. The second kappa shape index (κ2) is 63.8. The van der Waals surface area contributed by atoms with Gasteiger partial charge in [-0.05, 0) is 141 Å². The van der Waals surface area contributed by atoms with Gasteiger partial charge in [-0.1, -0.05) is 250 Å². The zero-order chi connectivity index (χ0) is 55.7. The van der Waals surface area contributed by atoms with E-state index >= 15 is 0 Å². The van der Waals surface area contributed by atoms with E-state index in [-0.39, 0.29) is 31.1 Å². The van der Waals surface area contributed by atoms with E-state index in [4.69, 9.17) is 14.2 Å². The van der Waals surface area contributed by atoms with Crippen molar-refractivity contribution in [3.8, 4) is 0 Å². The quantitative estimate of drug-likeness (QED) is 0.0261. The monoisotopic (exact) mass is 1060 g/mol. The van der Waals surface area contributed by atoms with Crippen LogP contribution in [0.4, 0.5) is 0 Å². The van der Waals surface area contributed by atoms with Gasteiger partial charge in [0.15, 0.2) is 6.10 Å². The van der Waals surface area contributed by atoms with Gasteiger partial charge in [0, 0.05) is 19.3 Å². The fourth-order valence-corrected chi connectivity index (χ4v) is 8.17. The van der Waals surface area contributed by atoms with Crippen LogP contribution in [0.25, 0.3) is 0 Å². The van der Waals surface area contributed by atoms with E-state index in [0.29, 0.717) is 19.3 Å². The summed E-state index contributed by atoms with van der Waals surface area (Å²) in [6, 6.07) is 0. The summed E-state index contributed by atoms with van der Waals surface area (Å²) in [5.74, 6) is -0.958. The van der Waals surface area contributed by atoms with Gasteiger partial charge in [-0.2, -0.15) is 0 Å². The van der Waals surface area contributed by atoms with Gasteiger partial charge < -0.3 is 14.2 Å². The lowest BCUT2D eigenvalue weighted by atomic mass is 10.1. The van der Waals surface area contributed by atoms with Crippen LogP contribution in [0.15, 0.2) is 146 Å². The van der Waals surface area contributed by atoms with Crippen molar-refractivity contribution in [2.24, 2.45) is 0 Å². The predicted molar refractivity (Wildman–Crippen MR) is 334 cm³/mol. The van der Waals surface area contributed by atoms with Crippen LogP contribution >= 0.6 is 0 Å². The Morgan fingerprint density at radius 3 is 0.792 bits per heavy atom. The third kappa shape index (κ3) is 62.0. The molecule has 0 aromatic carbocycles. The smallest absolute Gasteiger partial charge is 0.306 e. The molecule has 0 bridgehead atoms. The number of unbranched alkanes of at least 4 members (excludes halogenated alkanes) is 20. The summed E-state index contributed by atoms with van der Waals surface area (Å²) in [5.41, 5.74) is 0. The molecule has 0 aromatic rings. The lowest BCUT2D eigenvalue weighted by Crippen LogP contribution is -2.30. The number of rotatable bonds is 55. The summed E-state index contributed by atoms with van der Waals surface area (Å²) < 4.78 is 16.9. The van der Waals surface area contributed by atoms with E-state index < -0.39 is 6.10 Å². The van der Waals surface area contributed by atoms with Crippen LogP contribution in [-0.2, 0) is 28.6 Å². The van der Waals surface area contributed by atoms with E-state index in [1.54, 1.807) is 0 Å². The molecule has 0 saturated heterocycles. The van der Waals surface area contributed by atoms with Crippen LogP contribution < -0.4 is 0 Å². The molecule has 0 saturated carbocycles. The van der Waals surface area contributed by atoms with Gasteiger partial charge in [0.25, 0.3) is 0 Å². The maximum atomic E-state index is 12.9. The van der Waals surface area contributed by atoms with Crippen LogP contribution in [0.5, 0.6) is 0 Å². The van der Waals surface area contributed by atoms with Crippen LogP contribution in [0.1, 0.15) is 265 Å². The number of hydrogen-bond acceptors (Lipinski definition) is 6. The van der Waals surface area contributed by atoms with Gasteiger partial charge in [0.05, 0.1) is 0 Å². The van der Waals surface area contributed by atoms with Crippen LogP contribution in [-0.4, -0.2) is 37.2 Å². The van der Waals surface area contributed by atoms with Gasteiger partial charge in [-0.15, -0.1) is 0 Å². The first-order valence-electron chi connectivity index (χ1n) is 31.3. The largest absolute Gasteiger partial charge is 0.462 e. The van der Waals surface area contributed by atoms with E-state index in [1.165, 1.54) is 70.6 Å². The number of carbonyl (C=O) groups is 3. The average Bonchev–Trinajstić information content (AvgIpc) is 3.43. The van der Waals surface area contributed by atoms with Crippen molar-refractivity contribution >= 4 is 17.9 Å². The summed E-state index contributed by atoms with van der Waals surface area (Å²) in [6.45, 7) is 6.34. The Kier molecular flexibility index (Phi) is 59.9. The van der Waals surface area contributed by atoms with E-state index in [9.17, 15) is 14.4 Å². The summed E-state index contributed by atoms with van der Waals surface area (Å²) in [5, 5.41) is 0. The van der Waals surface area contributed by atoms with Gasteiger partial charge in [0.2, 0.25) is 0 Å². The van der Waals surface area contributed by atoms with Crippen LogP contribution in [0.3, 0.4) is 0 Å². The number of ether oxygens (including phenoxy) is 3. The molecular formula is C71H114O6. The first-order chi connectivity index (χ1) is 38.0. The lowest BCUT2D eigenvalue weighted by molar-refractivity contribution is -0.167. The molecule has 0 fully saturated rings. The number of hydrogen-bond donors (Lipinski definition) is 0. The maximum absolute atomic E-state index is 12.9. The number of allylic oxidation sites excluding steroid dienone is 24. The highest BCUT2D eigenvalue weighted by atomic mass is 16.6. The topological polar surface area (TPSA) is 78.9 Å². The van der Waals surface area contributed by atoms with Crippen LogP contribution in [0, 0.1) is 0 Å².